The zero-order chi connectivity index (χ0) is 15.5. The number of hydrogen-bond donors (Lipinski definition) is 0. The van der Waals surface area contributed by atoms with Crippen LogP contribution in [0.25, 0.3) is 0 Å². The summed E-state index contributed by atoms with van der Waals surface area (Å²) in [6, 6.07) is -0.0105. The van der Waals surface area contributed by atoms with Crippen molar-refractivity contribution in [3.63, 3.8) is 0 Å². The fraction of sp³-hybridized carbons (Fsp3) is 0.467. The molecule has 2 aromatic rings. The predicted molar refractivity (Wildman–Crippen MR) is 79.2 cm³/mol. The molecule has 0 aromatic carbocycles. The Bertz CT molecular complexity index is 642. The van der Waals surface area contributed by atoms with Gasteiger partial charge >= 0.3 is 0 Å². The molecule has 0 aliphatic carbocycles. The van der Waals surface area contributed by atoms with Crippen LogP contribution in [0.1, 0.15) is 22.5 Å². The van der Waals surface area contributed by atoms with Gasteiger partial charge in [0.2, 0.25) is 0 Å². The molecule has 0 spiro atoms. The van der Waals surface area contributed by atoms with Gasteiger partial charge < -0.3 is 9.64 Å². The van der Waals surface area contributed by atoms with Crippen molar-refractivity contribution in [1.82, 2.24) is 24.6 Å². The van der Waals surface area contributed by atoms with E-state index in [4.69, 9.17) is 4.74 Å². The summed E-state index contributed by atoms with van der Waals surface area (Å²) in [6.45, 7) is 0.666. The Morgan fingerprint density at radius 1 is 1.41 bits per heavy atom. The average molecular weight is 301 g/mol. The first-order valence-corrected chi connectivity index (χ1v) is 7.26. The van der Waals surface area contributed by atoms with E-state index in [9.17, 15) is 4.79 Å². The summed E-state index contributed by atoms with van der Waals surface area (Å²) in [5.74, 6) is -0.0958. The minimum atomic E-state index is -0.0958. The van der Waals surface area contributed by atoms with E-state index in [-0.39, 0.29) is 18.1 Å². The number of nitrogens with zero attached hydrogens (tertiary/aromatic N) is 5. The SMILES string of the molecule is CO[C@H]1CCN(C(=O)c2cnccn2)[C@H]1Cc1cnn(C)c1. The zero-order valence-electron chi connectivity index (χ0n) is 12.7. The number of aromatic nitrogens is 4. The van der Waals surface area contributed by atoms with Gasteiger partial charge in [0.05, 0.1) is 24.5 Å². The summed E-state index contributed by atoms with van der Waals surface area (Å²) in [7, 11) is 3.58. The van der Waals surface area contributed by atoms with Crippen LogP contribution in [0.4, 0.5) is 0 Å². The molecule has 2 aromatic heterocycles. The van der Waals surface area contributed by atoms with Gasteiger partial charge in [-0.3, -0.25) is 14.5 Å². The van der Waals surface area contributed by atoms with E-state index in [0.717, 1.165) is 18.4 Å². The van der Waals surface area contributed by atoms with Gasteiger partial charge in [0.15, 0.2) is 0 Å². The van der Waals surface area contributed by atoms with Crippen LogP contribution in [0.5, 0.6) is 0 Å². The average Bonchev–Trinajstić information content (AvgIpc) is 3.14. The molecule has 0 unspecified atom stereocenters. The summed E-state index contributed by atoms with van der Waals surface area (Å²) >= 11 is 0. The van der Waals surface area contributed by atoms with E-state index in [1.54, 1.807) is 18.0 Å². The summed E-state index contributed by atoms with van der Waals surface area (Å²) < 4.78 is 7.33. The third-order valence-corrected chi connectivity index (χ3v) is 4.03. The number of ether oxygens (including phenoxy) is 1. The third kappa shape index (κ3) is 2.85. The van der Waals surface area contributed by atoms with Crippen molar-refractivity contribution in [1.29, 1.82) is 0 Å². The van der Waals surface area contributed by atoms with Crippen LogP contribution in [0.2, 0.25) is 0 Å². The van der Waals surface area contributed by atoms with Crippen molar-refractivity contribution in [3.05, 3.63) is 42.2 Å². The molecule has 22 heavy (non-hydrogen) atoms. The van der Waals surface area contributed by atoms with Crippen molar-refractivity contribution < 1.29 is 9.53 Å². The fourth-order valence-corrected chi connectivity index (χ4v) is 2.97. The van der Waals surface area contributed by atoms with E-state index in [0.29, 0.717) is 12.2 Å². The predicted octanol–water partition coefficient (Wildman–Crippen LogP) is 0.682. The Morgan fingerprint density at radius 3 is 2.91 bits per heavy atom. The maximum atomic E-state index is 12.7. The van der Waals surface area contributed by atoms with E-state index >= 15 is 0 Å². The van der Waals surface area contributed by atoms with Gasteiger partial charge in [-0.05, 0) is 18.4 Å². The quantitative estimate of drug-likeness (QED) is 0.830. The molecule has 3 heterocycles. The molecule has 1 amide bonds. The van der Waals surface area contributed by atoms with Gasteiger partial charge in [-0.1, -0.05) is 0 Å². The van der Waals surface area contributed by atoms with Gasteiger partial charge in [0.1, 0.15) is 5.69 Å². The number of carbonyl (C=O) groups excluding carboxylic acids is 1. The van der Waals surface area contributed by atoms with E-state index < -0.39 is 0 Å². The van der Waals surface area contributed by atoms with E-state index in [1.165, 1.54) is 12.4 Å². The molecule has 116 valence electrons. The number of aryl methyl sites for hydroxylation is 1. The highest BCUT2D eigenvalue weighted by atomic mass is 16.5. The molecule has 7 nitrogen and oxygen atoms in total. The highest BCUT2D eigenvalue weighted by Crippen LogP contribution is 2.25. The first-order chi connectivity index (χ1) is 10.7. The molecule has 3 rings (SSSR count). The first-order valence-electron chi connectivity index (χ1n) is 7.26. The number of rotatable bonds is 4. The Labute approximate surface area is 128 Å². The molecule has 0 N–H and O–H groups in total. The van der Waals surface area contributed by atoms with Crippen molar-refractivity contribution in [3.8, 4) is 0 Å². The standard InChI is InChI=1S/C15H19N5O2/c1-19-10-11(8-18-19)7-13-14(22-2)3-6-20(13)15(21)12-9-16-4-5-17-12/h4-5,8-10,13-14H,3,6-7H2,1-2H3/t13-,14-/m0/s1. The Hall–Kier alpha value is -2.28. The lowest BCUT2D eigenvalue weighted by Crippen LogP contribution is -2.42. The lowest BCUT2D eigenvalue weighted by Gasteiger charge is -2.27. The molecular weight excluding hydrogens is 282 g/mol. The summed E-state index contributed by atoms with van der Waals surface area (Å²) in [4.78, 5) is 22.6. The minimum absolute atomic E-state index is 0.0105. The number of hydrogen-bond acceptors (Lipinski definition) is 5. The molecule has 7 heteroatoms. The smallest absolute Gasteiger partial charge is 0.274 e. The summed E-state index contributed by atoms with van der Waals surface area (Å²) in [5, 5.41) is 4.19. The molecule has 1 saturated heterocycles. The van der Waals surface area contributed by atoms with Crippen LogP contribution in [-0.2, 0) is 18.2 Å². The second-order valence-corrected chi connectivity index (χ2v) is 5.45. The Kier molecular flexibility index (Phi) is 4.15. The molecule has 0 radical (unpaired) electrons. The zero-order valence-corrected chi connectivity index (χ0v) is 12.7. The number of methoxy groups -OCH3 is 1. The van der Waals surface area contributed by atoms with E-state index in [1.807, 2.05) is 24.3 Å². The minimum Gasteiger partial charge on any atom is -0.379 e. The van der Waals surface area contributed by atoms with E-state index in [2.05, 4.69) is 15.1 Å². The van der Waals surface area contributed by atoms with Crippen LogP contribution < -0.4 is 0 Å². The second-order valence-electron chi connectivity index (χ2n) is 5.45. The van der Waals surface area contributed by atoms with Crippen LogP contribution in [-0.4, -0.2) is 56.4 Å². The summed E-state index contributed by atoms with van der Waals surface area (Å²) in [6.07, 6.45) is 9.97. The van der Waals surface area contributed by atoms with Gasteiger partial charge in [-0.2, -0.15) is 5.10 Å². The monoisotopic (exact) mass is 301 g/mol. The van der Waals surface area contributed by atoms with Crippen LogP contribution >= 0.6 is 0 Å². The molecule has 0 saturated carbocycles. The molecule has 1 aliphatic heterocycles. The number of likely N-dealkylation sites (tertiary alicyclic amines) is 1. The third-order valence-electron chi connectivity index (χ3n) is 4.03. The normalized spacial score (nSPS) is 21.3. The lowest BCUT2D eigenvalue weighted by atomic mass is 10.0. The van der Waals surface area contributed by atoms with Crippen LogP contribution in [0.3, 0.4) is 0 Å². The van der Waals surface area contributed by atoms with Gasteiger partial charge in [-0.15, -0.1) is 0 Å². The van der Waals surface area contributed by atoms with Gasteiger partial charge in [0.25, 0.3) is 5.91 Å². The Morgan fingerprint density at radius 2 is 2.27 bits per heavy atom. The van der Waals surface area contributed by atoms with Crippen molar-refractivity contribution >= 4 is 5.91 Å². The van der Waals surface area contributed by atoms with Gasteiger partial charge in [-0.25, -0.2) is 4.98 Å². The molecule has 0 bridgehead atoms. The van der Waals surface area contributed by atoms with Crippen molar-refractivity contribution in [2.24, 2.45) is 7.05 Å². The largest absolute Gasteiger partial charge is 0.379 e. The fourth-order valence-electron chi connectivity index (χ4n) is 2.97. The Balaban J connectivity index is 1.81. The van der Waals surface area contributed by atoms with Gasteiger partial charge in [0, 0.05) is 39.3 Å². The topological polar surface area (TPSA) is 73.1 Å². The maximum absolute atomic E-state index is 12.7. The highest BCUT2D eigenvalue weighted by Gasteiger charge is 2.38. The second kappa shape index (κ2) is 6.23. The summed E-state index contributed by atoms with van der Waals surface area (Å²) in [5.41, 5.74) is 1.46. The first kappa shape index (κ1) is 14.6. The van der Waals surface area contributed by atoms with Crippen LogP contribution in [0.15, 0.2) is 31.0 Å². The van der Waals surface area contributed by atoms with Crippen molar-refractivity contribution in [2.75, 3.05) is 13.7 Å². The number of amides is 1. The molecule has 1 fully saturated rings. The maximum Gasteiger partial charge on any atom is 0.274 e. The highest BCUT2D eigenvalue weighted by molar-refractivity contribution is 5.92. The van der Waals surface area contributed by atoms with Crippen molar-refractivity contribution in [2.45, 2.75) is 25.0 Å². The number of carbonyl (C=O) groups is 1. The lowest BCUT2D eigenvalue weighted by molar-refractivity contribution is 0.0504. The molecular formula is C15H19N5O2. The molecule has 1 aliphatic rings. The molecule has 2 atom stereocenters. The van der Waals surface area contributed by atoms with Crippen LogP contribution in [0, 0.1) is 0 Å².